The summed E-state index contributed by atoms with van der Waals surface area (Å²) in [6.45, 7) is 3.93. The number of benzene rings is 1. The molecule has 3 rings (SSSR count). The van der Waals surface area contributed by atoms with Crippen molar-refractivity contribution in [1.29, 1.82) is 0 Å². The van der Waals surface area contributed by atoms with Crippen molar-refractivity contribution >= 4 is 11.0 Å². The summed E-state index contributed by atoms with van der Waals surface area (Å²) < 4.78 is 48.3. The Kier molecular flexibility index (Phi) is 5.60. The number of rotatable bonds is 6. The maximum atomic E-state index is 13.7. The smallest absolute Gasteiger partial charge is 0.419 e. The number of aromatic nitrogens is 3. The zero-order chi connectivity index (χ0) is 20.5. The molecule has 0 saturated heterocycles. The lowest BCUT2D eigenvalue weighted by atomic mass is 10.0. The average Bonchev–Trinajstić information content (AvgIpc) is 3.00. The van der Waals surface area contributed by atoms with Gasteiger partial charge in [0.25, 0.3) is 0 Å². The minimum absolute atomic E-state index is 0.0332. The van der Waals surface area contributed by atoms with E-state index in [0.717, 1.165) is 6.07 Å². The highest BCUT2D eigenvalue weighted by atomic mass is 19.4. The summed E-state index contributed by atoms with van der Waals surface area (Å²) in [6.07, 6.45) is -0.721. The SMILES string of the molecule is CC(N)CC(C)COc1ccc(-c2ncnc3c2ccn3C)cc1C(F)(F)F. The Morgan fingerprint density at radius 3 is 2.61 bits per heavy atom. The monoisotopic (exact) mass is 392 g/mol. The molecule has 2 N–H and O–H groups in total. The lowest BCUT2D eigenvalue weighted by Crippen LogP contribution is -2.22. The molecule has 3 aromatic rings. The molecule has 0 radical (unpaired) electrons. The zero-order valence-corrected chi connectivity index (χ0v) is 16.0. The minimum atomic E-state index is -4.54. The summed E-state index contributed by atoms with van der Waals surface area (Å²) in [7, 11) is 1.82. The van der Waals surface area contributed by atoms with Crippen LogP contribution < -0.4 is 10.5 Å². The van der Waals surface area contributed by atoms with Gasteiger partial charge in [0.1, 0.15) is 17.7 Å². The number of aryl methyl sites for hydroxylation is 1. The van der Waals surface area contributed by atoms with Crippen LogP contribution >= 0.6 is 0 Å². The second-order valence-corrected chi connectivity index (χ2v) is 7.22. The predicted octanol–water partition coefficient (Wildman–Crippen LogP) is 4.41. The van der Waals surface area contributed by atoms with Crippen molar-refractivity contribution in [1.82, 2.24) is 14.5 Å². The normalized spacial score (nSPS) is 14.2. The van der Waals surface area contributed by atoms with E-state index in [2.05, 4.69) is 9.97 Å². The van der Waals surface area contributed by atoms with Crippen LogP contribution in [0.3, 0.4) is 0 Å². The van der Waals surface area contributed by atoms with Crippen molar-refractivity contribution in [3.8, 4) is 17.0 Å². The Morgan fingerprint density at radius 2 is 1.93 bits per heavy atom. The van der Waals surface area contributed by atoms with Crippen LogP contribution in [0.4, 0.5) is 13.2 Å². The van der Waals surface area contributed by atoms with Crippen molar-refractivity contribution in [3.63, 3.8) is 0 Å². The molecule has 2 heterocycles. The zero-order valence-electron chi connectivity index (χ0n) is 16.0. The number of halogens is 3. The van der Waals surface area contributed by atoms with Crippen molar-refractivity contribution in [2.75, 3.05) is 6.61 Å². The fourth-order valence-corrected chi connectivity index (χ4v) is 3.27. The Morgan fingerprint density at radius 1 is 1.18 bits per heavy atom. The number of nitrogens with zero attached hydrogens (tertiary/aromatic N) is 3. The highest BCUT2D eigenvalue weighted by Gasteiger charge is 2.35. The molecule has 1 aromatic carbocycles. The van der Waals surface area contributed by atoms with Gasteiger partial charge in [0.15, 0.2) is 0 Å². The topological polar surface area (TPSA) is 66.0 Å². The third-order valence-corrected chi connectivity index (χ3v) is 4.52. The van der Waals surface area contributed by atoms with E-state index in [4.69, 9.17) is 10.5 Å². The van der Waals surface area contributed by atoms with E-state index in [1.807, 2.05) is 20.9 Å². The molecular weight excluding hydrogens is 369 g/mol. The van der Waals surface area contributed by atoms with Gasteiger partial charge in [-0.05, 0) is 43.5 Å². The van der Waals surface area contributed by atoms with E-state index in [-0.39, 0.29) is 24.3 Å². The molecule has 0 aliphatic carbocycles. The second-order valence-electron chi connectivity index (χ2n) is 7.22. The molecule has 0 spiro atoms. The summed E-state index contributed by atoms with van der Waals surface area (Å²) >= 11 is 0. The molecule has 2 unspecified atom stereocenters. The van der Waals surface area contributed by atoms with Crippen LogP contribution in [0.25, 0.3) is 22.3 Å². The molecule has 5 nitrogen and oxygen atoms in total. The number of alkyl halides is 3. The molecule has 0 saturated carbocycles. The van der Waals surface area contributed by atoms with E-state index in [1.165, 1.54) is 12.4 Å². The summed E-state index contributed by atoms with van der Waals surface area (Å²) in [5, 5.41) is 0.692. The van der Waals surface area contributed by atoms with E-state index < -0.39 is 11.7 Å². The van der Waals surface area contributed by atoms with Crippen molar-refractivity contribution < 1.29 is 17.9 Å². The number of hydrogen-bond donors (Lipinski definition) is 1. The van der Waals surface area contributed by atoms with Gasteiger partial charge in [0.2, 0.25) is 0 Å². The summed E-state index contributed by atoms with van der Waals surface area (Å²) in [6, 6.07) is 5.79. The van der Waals surface area contributed by atoms with Gasteiger partial charge in [0.05, 0.1) is 17.9 Å². The number of hydrogen-bond acceptors (Lipinski definition) is 4. The molecule has 0 aliphatic rings. The van der Waals surface area contributed by atoms with Crippen LogP contribution in [0.15, 0.2) is 36.8 Å². The van der Waals surface area contributed by atoms with Gasteiger partial charge >= 0.3 is 6.18 Å². The van der Waals surface area contributed by atoms with Gasteiger partial charge in [0, 0.05) is 30.2 Å². The molecular formula is C20H23F3N4O. The van der Waals surface area contributed by atoms with Gasteiger partial charge < -0.3 is 15.0 Å². The van der Waals surface area contributed by atoms with E-state index in [1.54, 1.807) is 22.9 Å². The van der Waals surface area contributed by atoms with Gasteiger partial charge in [-0.25, -0.2) is 9.97 Å². The van der Waals surface area contributed by atoms with Crippen LogP contribution in [0.2, 0.25) is 0 Å². The summed E-state index contributed by atoms with van der Waals surface area (Å²) in [4.78, 5) is 8.39. The van der Waals surface area contributed by atoms with Gasteiger partial charge in [-0.1, -0.05) is 6.92 Å². The first-order valence-electron chi connectivity index (χ1n) is 9.03. The quantitative estimate of drug-likeness (QED) is 0.675. The lowest BCUT2D eigenvalue weighted by molar-refractivity contribution is -0.139. The van der Waals surface area contributed by atoms with Gasteiger partial charge in [-0.15, -0.1) is 0 Å². The molecule has 2 atom stereocenters. The number of nitrogens with two attached hydrogens (primary N) is 1. The number of ether oxygens (including phenoxy) is 1. The average molecular weight is 392 g/mol. The van der Waals surface area contributed by atoms with Gasteiger partial charge in [-0.2, -0.15) is 13.2 Å². The highest BCUT2D eigenvalue weighted by Crippen LogP contribution is 2.39. The first-order chi connectivity index (χ1) is 13.2. The molecule has 150 valence electrons. The third-order valence-electron chi connectivity index (χ3n) is 4.52. The molecule has 2 aromatic heterocycles. The highest BCUT2D eigenvalue weighted by molar-refractivity contribution is 5.91. The van der Waals surface area contributed by atoms with E-state index in [0.29, 0.717) is 28.7 Å². The molecule has 0 fully saturated rings. The van der Waals surface area contributed by atoms with Gasteiger partial charge in [-0.3, -0.25) is 0 Å². The largest absolute Gasteiger partial charge is 0.493 e. The number of fused-ring (bicyclic) bond motifs is 1. The van der Waals surface area contributed by atoms with Crippen LogP contribution in [0.5, 0.6) is 5.75 Å². The maximum Gasteiger partial charge on any atom is 0.419 e. The Labute approximate surface area is 161 Å². The van der Waals surface area contributed by atoms with Crippen molar-refractivity contribution in [2.24, 2.45) is 18.7 Å². The van der Waals surface area contributed by atoms with E-state index >= 15 is 0 Å². The molecule has 28 heavy (non-hydrogen) atoms. The maximum absolute atomic E-state index is 13.7. The van der Waals surface area contributed by atoms with Crippen molar-refractivity contribution in [3.05, 3.63) is 42.4 Å². The summed E-state index contributed by atoms with van der Waals surface area (Å²) in [5.74, 6) is -0.141. The van der Waals surface area contributed by atoms with Crippen LogP contribution in [0.1, 0.15) is 25.8 Å². The third kappa shape index (κ3) is 4.27. The molecule has 0 aliphatic heterocycles. The fourth-order valence-electron chi connectivity index (χ4n) is 3.27. The van der Waals surface area contributed by atoms with E-state index in [9.17, 15) is 13.2 Å². The van der Waals surface area contributed by atoms with Crippen LogP contribution in [-0.2, 0) is 13.2 Å². The Balaban J connectivity index is 1.97. The standard InChI is InChI=1S/C20H23F3N4O/c1-12(8-13(2)24)10-28-17-5-4-14(9-16(17)20(21,22)23)18-15-6-7-27(3)19(15)26-11-25-18/h4-7,9,11-13H,8,10,24H2,1-3H3. The fraction of sp³-hybridized carbons (Fsp3) is 0.400. The minimum Gasteiger partial charge on any atom is -0.493 e. The van der Waals surface area contributed by atoms with Crippen LogP contribution in [-0.4, -0.2) is 27.2 Å². The Hall–Kier alpha value is -2.61. The molecule has 0 amide bonds. The lowest BCUT2D eigenvalue weighted by Gasteiger charge is -2.19. The molecule has 8 heteroatoms. The Bertz CT molecular complexity index is 966. The predicted molar refractivity (Wildman–Crippen MR) is 102 cm³/mol. The molecule has 0 bridgehead atoms. The first kappa shape index (κ1) is 20.1. The summed E-state index contributed by atoms with van der Waals surface area (Å²) in [5.41, 5.74) is 6.40. The van der Waals surface area contributed by atoms with Crippen LogP contribution in [0, 0.1) is 5.92 Å². The first-order valence-corrected chi connectivity index (χ1v) is 9.03. The second kappa shape index (κ2) is 7.79. The van der Waals surface area contributed by atoms with Crippen molar-refractivity contribution in [2.45, 2.75) is 32.5 Å².